The van der Waals surface area contributed by atoms with Crippen LogP contribution in [0.3, 0.4) is 0 Å². The molecule has 11 heteroatoms. The molecule has 0 saturated heterocycles. The molecule has 0 spiro atoms. The van der Waals surface area contributed by atoms with Crippen LogP contribution in [0.15, 0.2) is 132 Å². The second-order valence-corrected chi connectivity index (χ2v) is 20.8. The number of para-hydroxylation sites is 1. The third-order valence-corrected chi connectivity index (χ3v) is 15.6. The maximum atomic E-state index is 16.0. The van der Waals surface area contributed by atoms with E-state index in [1.54, 1.807) is 8.96 Å². The van der Waals surface area contributed by atoms with E-state index in [0.717, 1.165) is 70.9 Å². The predicted molar refractivity (Wildman–Crippen MR) is 277 cm³/mol. The lowest BCUT2D eigenvalue weighted by molar-refractivity contribution is -0.336. The van der Waals surface area contributed by atoms with Crippen LogP contribution in [0.2, 0.25) is 0 Å². The first-order chi connectivity index (χ1) is 33.2. The SMILES string of the molecule is CC1=CC(C)=[N+]2B(F)n3c(C)cc(C)c3C(c3ccc(NC(=O)OCCOCC[C@]45Cc6ccccc6C(C)(C)\C(=C/C=C/C=C/C6N(CCOCCCO)c7ccccc7C6(C)C)C4C5)cc3)=C12. The summed E-state index contributed by atoms with van der Waals surface area (Å²) < 4.78 is 37.2. The number of rotatable bonds is 17. The summed E-state index contributed by atoms with van der Waals surface area (Å²) in [6, 6.07) is 27.5. The van der Waals surface area contributed by atoms with Gasteiger partial charge in [-0.15, -0.1) is 0 Å². The molecule has 4 heterocycles. The van der Waals surface area contributed by atoms with Crippen LogP contribution in [0.4, 0.5) is 20.5 Å². The molecule has 1 fully saturated rings. The van der Waals surface area contributed by atoms with Gasteiger partial charge in [0.1, 0.15) is 6.61 Å². The van der Waals surface area contributed by atoms with Crippen molar-refractivity contribution < 1.29 is 32.9 Å². The Morgan fingerprint density at radius 1 is 0.899 bits per heavy atom. The Labute approximate surface area is 408 Å². The lowest BCUT2D eigenvalue weighted by Crippen LogP contribution is -2.41. The predicted octanol–water partition coefficient (Wildman–Crippen LogP) is 11.2. The van der Waals surface area contributed by atoms with E-state index in [2.05, 4.69) is 117 Å². The van der Waals surface area contributed by atoms with E-state index in [9.17, 15) is 9.90 Å². The topological polar surface area (TPSA) is 88.2 Å². The first-order valence-corrected chi connectivity index (χ1v) is 24.9. The number of carbonyl (C=O) groups excluding carboxylic acids is 1. The zero-order valence-electron chi connectivity index (χ0n) is 41.8. The summed E-state index contributed by atoms with van der Waals surface area (Å²) in [5.74, 6) is 0.449. The first kappa shape index (κ1) is 48.3. The maximum absolute atomic E-state index is 16.0. The van der Waals surface area contributed by atoms with Crippen LogP contribution >= 0.6 is 0 Å². The minimum absolute atomic E-state index is 0.0701. The Kier molecular flexibility index (Phi) is 13.7. The fourth-order valence-corrected chi connectivity index (χ4v) is 12.1. The molecule has 2 aliphatic carbocycles. The van der Waals surface area contributed by atoms with E-state index in [0.29, 0.717) is 44.5 Å². The van der Waals surface area contributed by atoms with Crippen molar-refractivity contribution in [3.05, 3.63) is 171 Å². The highest BCUT2D eigenvalue weighted by Crippen LogP contribution is 2.66. The summed E-state index contributed by atoms with van der Waals surface area (Å²) in [5, 5.41) is 12.1. The van der Waals surface area contributed by atoms with Gasteiger partial charge in [0.15, 0.2) is 11.4 Å². The molecule has 4 aromatic rings. The molecule has 0 bridgehead atoms. The van der Waals surface area contributed by atoms with Gasteiger partial charge in [0.25, 0.3) is 0 Å². The molecule has 2 N–H and O–H groups in total. The molecule has 0 radical (unpaired) electrons. The number of nitrogens with zero attached hydrogens (tertiary/aromatic N) is 3. The highest BCUT2D eigenvalue weighted by molar-refractivity contribution is 6.43. The Morgan fingerprint density at radius 3 is 2.42 bits per heavy atom. The summed E-state index contributed by atoms with van der Waals surface area (Å²) in [6.07, 6.45) is 16.6. The van der Waals surface area contributed by atoms with E-state index >= 15 is 4.32 Å². The van der Waals surface area contributed by atoms with E-state index in [4.69, 9.17) is 14.2 Å². The summed E-state index contributed by atoms with van der Waals surface area (Å²) in [5.41, 5.74) is 14.9. The second kappa shape index (κ2) is 19.6. The molecule has 3 atom stereocenters. The molecule has 9 nitrogen and oxygen atoms in total. The number of anilines is 2. The van der Waals surface area contributed by atoms with E-state index < -0.39 is 13.4 Å². The van der Waals surface area contributed by atoms with E-state index in [1.807, 2.05) is 64.1 Å². The van der Waals surface area contributed by atoms with E-state index in [1.165, 1.54) is 28.0 Å². The Morgan fingerprint density at radius 2 is 1.64 bits per heavy atom. The zero-order valence-corrected chi connectivity index (χ0v) is 41.8. The molecule has 1 saturated carbocycles. The summed E-state index contributed by atoms with van der Waals surface area (Å²) in [4.78, 5) is 15.4. The molecule has 360 valence electrons. The number of aliphatic hydroxyl groups is 1. The number of amides is 1. The number of aliphatic hydroxyl groups excluding tert-OH is 1. The van der Waals surface area contributed by atoms with Gasteiger partial charge >= 0.3 is 13.4 Å². The molecule has 2 unspecified atom stereocenters. The quantitative estimate of drug-likeness (QED) is 0.0623. The molecule has 1 aromatic heterocycles. The molecule has 9 rings (SSSR count). The van der Waals surface area contributed by atoms with E-state index in [-0.39, 0.29) is 35.5 Å². The van der Waals surface area contributed by atoms with Crippen LogP contribution in [-0.2, 0) is 31.5 Å². The second-order valence-electron chi connectivity index (χ2n) is 20.8. The number of nitrogens with one attached hydrogen (secondary N) is 1. The number of hydrogen-bond donors (Lipinski definition) is 2. The van der Waals surface area contributed by atoms with Crippen molar-refractivity contribution in [3.63, 3.8) is 0 Å². The average Bonchev–Trinajstić information content (AvgIpc) is 3.72. The van der Waals surface area contributed by atoms with Crippen LogP contribution in [0.5, 0.6) is 0 Å². The van der Waals surface area contributed by atoms with Crippen LogP contribution in [-0.4, -0.2) is 85.4 Å². The number of allylic oxidation sites excluding steroid dienone is 7. The van der Waals surface area contributed by atoms with Gasteiger partial charge < -0.3 is 24.2 Å². The smallest absolute Gasteiger partial charge is 0.447 e. The van der Waals surface area contributed by atoms with Crippen molar-refractivity contribution in [1.82, 2.24) is 4.48 Å². The van der Waals surface area contributed by atoms with Gasteiger partial charge in [-0.05, 0) is 110 Å². The number of ether oxygens (including phenoxy) is 3. The maximum Gasteiger partial charge on any atom is 0.846 e. The van der Waals surface area contributed by atoms with Crippen molar-refractivity contribution in [3.8, 4) is 0 Å². The van der Waals surface area contributed by atoms with Gasteiger partial charge in [-0.1, -0.05) is 118 Å². The van der Waals surface area contributed by atoms with Gasteiger partial charge in [0, 0.05) is 72.8 Å². The molecule has 69 heavy (non-hydrogen) atoms. The Hall–Kier alpha value is -5.75. The number of aryl methyl sites for hydroxylation is 2. The lowest BCUT2D eigenvalue weighted by atomic mass is 9.74. The number of benzene rings is 3. The van der Waals surface area contributed by atoms with Gasteiger partial charge in [-0.25, -0.2) is 13.6 Å². The third-order valence-electron chi connectivity index (χ3n) is 15.6. The molecular weight excluding hydrogens is 862 g/mol. The number of fused-ring (bicyclic) bond motifs is 5. The molecular formula is C58H69BFN4O5+. The van der Waals surface area contributed by atoms with Crippen molar-refractivity contribution >= 4 is 36.0 Å². The van der Waals surface area contributed by atoms with Gasteiger partial charge in [0.05, 0.1) is 30.5 Å². The van der Waals surface area contributed by atoms with Crippen molar-refractivity contribution in [2.45, 2.75) is 97.9 Å². The fraction of sp³-hybridized carbons (Fsp3) is 0.414. The minimum Gasteiger partial charge on any atom is -0.447 e. The highest BCUT2D eigenvalue weighted by atomic mass is 19.1. The minimum atomic E-state index is -1.31. The number of aromatic nitrogens is 1. The average molecular weight is 932 g/mol. The molecule has 1 amide bonds. The first-order valence-electron chi connectivity index (χ1n) is 24.9. The standard InChI is InChI=1S/C58H68BFN4O5/c1-39-35-41(3)63-53(39)52(54-40(2)36-42(4)64(54)59(63)60)43-23-25-45(26-24-43)61-55(66)69-34-33-68-31-27-58-37-44-17-12-13-18-46(44)56(5,6)47(49(58)38-58)19-10-9-11-22-51-57(7,8)48-20-14-15-21-50(48)62(51)28-32-67-30-16-29-65/h9-15,17-26,35-36,49,51,65H,16,27-34,37-38H2,1-8H3/p+1/b10-9+,22-11+,47-19-/t49?,51?,58-/m1/s1. The largest absolute Gasteiger partial charge is 0.846 e. The van der Waals surface area contributed by atoms with Gasteiger partial charge in [-0.2, -0.15) is 0 Å². The van der Waals surface area contributed by atoms with Crippen LogP contribution < -0.4 is 10.2 Å². The Bertz CT molecular complexity index is 2800. The van der Waals surface area contributed by atoms with Gasteiger partial charge in [-0.3, -0.25) is 9.79 Å². The number of carbonyl (C=O) groups is 1. The highest BCUT2D eigenvalue weighted by Gasteiger charge is 2.59. The number of halogens is 1. The van der Waals surface area contributed by atoms with Crippen molar-refractivity contribution in [2.75, 3.05) is 56.4 Å². The van der Waals surface area contributed by atoms with Crippen LogP contribution in [0, 0.1) is 25.2 Å². The number of hydrogen-bond acceptors (Lipinski definition) is 6. The van der Waals surface area contributed by atoms with Crippen molar-refractivity contribution in [2.24, 2.45) is 11.3 Å². The molecule has 5 aliphatic rings. The zero-order chi connectivity index (χ0) is 48.7. The molecule has 3 aromatic carbocycles. The normalized spacial score (nSPS) is 22.5. The van der Waals surface area contributed by atoms with Crippen molar-refractivity contribution in [1.29, 1.82) is 0 Å². The fourth-order valence-electron chi connectivity index (χ4n) is 12.1. The van der Waals surface area contributed by atoms with Crippen LogP contribution in [0.25, 0.3) is 5.57 Å². The lowest BCUT2D eigenvalue weighted by Gasteiger charge is -2.32. The van der Waals surface area contributed by atoms with Crippen LogP contribution in [0.1, 0.15) is 100 Å². The third kappa shape index (κ3) is 9.14. The summed E-state index contributed by atoms with van der Waals surface area (Å²) >= 11 is 0. The molecule has 3 aliphatic heterocycles. The summed E-state index contributed by atoms with van der Waals surface area (Å²) in [6.45, 7) is 20.5. The van der Waals surface area contributed by atoms with Gasteiger partial charge in [0.2, 0.25) is 0 Å². The Balaban J connectivity index is 0.802. The monoisotopic (exact) mass is 932 g/mol. The summed E-state index contributed by atoms with van der Waals surface area (Å²) in [7, 11) is -1.31.